The summed E-state index contributed by atoms with van der Waals surface area (Å²) in [5, 5.41) is 20.0. The SMILES string of the molecule is CC(=O)/C=C(\C)[O-].CC(=O)/C=C(\C)[O-].O.O.[Mg+2]. The Bertz CT molecular complexity index is 234. The molecule has 0 spiro atoms. The minimum atomic E-state index is -0.187. The summed E-state index contributed by atoms with van der Waals surface area (Å²) in [6.45, 7) is 5.39. The Hall–Kier alpha value is -0.894. The van der Waals surface area contributed by atoms with Gasteiger partial charge in [-0.2, -0.15) is 0 Å². The molecule has 4 N–H and O–H groups in total. The minimum absolute atomic E-state index is 0. The third-order valence-corrected chi connectivity index (χ3v) is 0.813. The second-order valence-electron chi connectivity index (χ2n) is 2.73. The van der Waals surface area contributed by atoms with Gasteiger partial charge in [-0.3, -0.25) is 9.59 Å². The van der Waals surface area contributed by atoms with E-state index in [1.165, 1.54) is 27.7 Å². The molecule has 7 heteroatoms. The van der Waals surface area contributed by atoms with E-state index >= 15 is 0 Å². The number of ketones is 2. The van der Waals surface area contributed by atoms with Gasteiger partial charge in [0, 0.05) is 0 Å². The van der Waals surface area contributed by atoms with Crippen LogP contribution in [0.2, 0.25) is 0 Å². The quantitative estimate of drug-likeness (QED) is 0.310. The molecule has 0 amide bonds. The standard InChI is InChI=1S/2C5H8O2.Mg.2H2O/c2*1-4(6)3-5(2)7;;;/h2*3,6H,1-2H3;;2*1H2/q;;+2;;/p-2/b2*4-3+;;;. The fourth-order valence-electron chi connectivity index (χ4n) is 0.572. The zero-order valence-electron chi connectivity index (χ0n) is 10.5. The molecule has 0 saturated heterocycles. The molecule has 0 atom stereocenters. The van der Waals surface area contributed by atoms with Gasteiger partial charge in [0.1, 0.15) is 0 Å². The zero-order valence-corrected chi connectivity index (χ0v) is 11.9. The number of allylic oxidation sites excluding steroid dienone is 4. The molecule has 6 nitrogen and oxygen atoms in total. The summed E-state index contributed by atoms with van der Waals surface area (Å²) >= 11 is 0. The largest absolute Gasteiger partial charge is 2.00 e. The fraction of sp³-hybridized carbons (Fsp3) is 0.400. The van der Waals surface area contributed by atoms with E-state index in [4.69, 9.17) is 0 Å². The van der Waals surface area contributed by atoms with E-state index in [0.29, 0.717) is 0 Å². The van der Waals surface area contributed by atoms with E-state index < -0.39 is 0 Å². The first kappa shape index (κ1) is 29.8. The maximum absolute atomic E-state index is 9.98. The van der Waals surface area contributed by atoms with Gasteiger partial charge in [-0.15, -0.1) is 11.5 Å². The van der Waals surface area contributed by atoms with Crippen molar-refractivity contribution >= 4 is 34.6 Å². The first-order valence-corrected chi connectivity index (χ1v) is 3.97. The Morgan fingerprint density at radius 1 is 0.765 bits per heavy atom. The van der Waals surface area contributed by atoms with Crippen LogP contribution in [-0.4, -0.2) is 45.6 Å². The van der Waals surface area contributed by atoms with Crippen molar-refractivity contribution in [2.45, 2.75) is 27.7 Å². The van der Waals surface area contributed by atoms with Crippen LogP contribution in [0.3, 0.4) is 0 Å². The molecular formula is C10H18MgO6. The smallest absolute Gasteiger partial charge is 0.876 e. The Labute approximate surface area is 117 Å². The molecule has 96 valence electrons. The van der Waals surface area contributed by atoms with Crippen molar-refractivity contribution in [3.05, 3.63) is 23.7 Å². The molecule has 17 heavy (non-hydrogen) atoms. The van der Waals surface area contributed by atoms with E-state index in [1.807, 2.05) is 0 Å². The molecule has 0 aromatic rings. The summed E-state index contributed by atoms with van der Waals surface area (Å²) in [5.74, 6) is -0.750. The van der Waals surface area contributed by atoms with Crippen LogP contribution < -0.4 is 10.2 Å². The van der Waals surface area contributed by atoms with Gasteiger partial charge in [-0.25, -0.2) is 0 Å². The Kier molecular flexibility index (Phi) is 30.7. The van der Waals surface area contributed by atoms with Gasteiger partial charge in [0.05, 0.1) is 0 Å². The molecule has 0 heterocycles. The summed E-state index contributed by atoms with van der Waals surface area (Å²) in [5.41, 5.74) is 0. The van der Waals surface area contributed by atoms with E-state index in [-0.39, 0.29) is 57.1 Å². The van der Waals surface area contributed by atoms with Crippen LogP contribution in [0.5, 0.6) is 0 Å². The molecule has 0 saturated carbocycles. The summed E-state index contributed by atoms with van der Waals surface area (Å²) < 4.78 is 0. The molecule has 0 bridgehead atoms. The number of carbonyl (C=O) groups is 2. The van der Waals surface area contributed by atoms with Gasteiger partial charge in [0.2, 0.25) is 0 Å². The van der Waals surface area contributed by atoms with E-state index in [0.717, 1.165) is 12.2 Å². The van der Waals surface area contributed by atoms with Gasteiger partial charge < -0.3 is 21.2 Å². The molecule has 0 aromatic carbocycles. The molecule has 0 unspecified atom stereocenters. The van der Waals surface area contributed by atoms with Crippen molar-refractivity contribution in [3.8, 4) is 0 Å². The van der Waals surface area contributed by atoms with Crippen LogP contribution in [0, 0.1) is 0 Å². The van der Waals surface area contributed by atoms with Crippen molar-refractivity contribution in [3.63, 3.8) is 0 Å². The first-order valence-electron chi connectivity index (χ1n) is 3.97. The van der Waals surface area contributed by atoms with Crippen LogP contribution in [0.15, 0.2) is 23.7 Å². The zero-order chi connectivity index (χ0) is 11.7. The van der Waals surface area contributed by atoms with Gasteiger partial charge in [-0.1, -0.05) is 13.8 Å². The topological polar surface area (TPSA) is 143 Å². The monoisotopic (exact) mass is 258 g/mol. The molecule has 0 aliphatic heterocycles. The third-order valence-electron chi connectivity index (χ3n) is 0.813. The number of rotatable bonds is 2. The number of hydrogen-bond acceptors (Lipinski definition) is 4. The normalized spacial score (nSPS) is 9.41. The number of hydrogen-bond donors (Lipinski definition) is 0. The van der Waals surface area contributed by atoms with Crippen molar-refractivity contribution < 1.29 is 30.8 Å². The van der Waals surface area contributed by atoms with Crippen molar-refractivity contribution in [2.24, 2.45) is 0 Å². The summed E-state index contributed by atoms with van der Waals surface area (Å²) in [6.07, 6.45) is 2.11. The van der Waals surface area contributed by atoms with E-state index in [2.05, 4.69) is 0 Å². The van der Waals surface area contributed by atoms with Gasteiger partial charge in [0.15, 0.2) is 11.6 Å². The second kappa shape index (κ2) is 17.5. The number of carbonyl (C=O) groups excluding carboxylic acids is 2. The summed E-state index contributed by atoms with van der Waals surface area (Å²) in [6, 6.07) is 0. The average molecular weight is 259 g/mol. The molecule has 0 aliphatic rings. The second-order valence-corrected chi connectivity index (χ2v) is 2.73. The van der Waals surface area contributed by atoms with Crippen molar-refractivity contribution in [2.75, 3.05) is 0 Å². The van der Waals surface area contributed by atoms with Crippen LogP contribution in [0.4, 0.5) is 0 Å². The maximum atomic E-state index is 9.98. The fourth-order valence-corrected chi connectivity index (χ4v) is 0.572. The molecule has 0 fully saturated rings. The van der Waals surface area contributed by atoms with Crippen molar-refractivity contribution in [1.29, 1.82) is 0 Å². The van der Waals surface area contributed by atoms with E-state index in [1.54, 1.807) is 0 Å². The average Bonchev–Trinajstić information content (AvgIpc) is 1.79. The molecule has 0 rings (SSSR count). The predicted molar refractivity (Wildman–Crippen MR) is 61.9 cm³/mol. The summed E-state index contributed by atoms with van der Waals surface area (Å²) in [7, 11) is 0. The predicted octanol–water partition coefficient (Wildman–Crippen LogP) is -2.35. The van der Waals surface area contributed by atoms with Crippen LogP contribution in [0.1, 0.15) is 27.7 Å². The van der Waals surface area contributed by atoms with Gasteiger partial charge >= 0.3 is 23.1 Å². The van der Waals surface area contributed by atoms with Crippen LogP contribution in [-0.2, 0) is 9.59 Å². The first-order chi connectivity index (χ1) is 6.25. The molecule has 0 aliphatic carbocycles. The minimum Gasteiger partial charge on any atom is -0.876 e. The molecular weight excluding hydrogens is 240 g/mol. The van der Waals surface area contributed by atoms with Crippen LogP contribution in [0.25, 0.3) is 0 Å². The van der Waals surface area contributed by atoms with Gasteiger partial charge in [0.25, 0.3) is 0 Å². The van der Waals surface area contributed by atoms with Crippen molar-refractivity contribution in [1.82, 2.24) is 0 Å². The Morgan fingerprint density at radius 3 is 0.941 bits per heavy atom. The third kappa shape index (κ3) is 51.4. The Morgan fingerprint density at radius 2 is 0.941 bits per heavy atom. The maximum Gasteiger partial charge on any atom is 2.00 e. The molecule has 0 radical (unpaired) electrons. The Balaban J connectivity index is -0.0000000480. The van der Waals surface area contributed by atoms with E-state index in [9.17, 15) is 19.8 Å². The summed E-state index contributed by atoms with van der Waals surface area (Å²) in [4.78, 5) is 20.0. The van der Waals surface area contributed by atoms with Gasteiger partial charge in [-0.05, 0) is 26.0 Å². The molecule has 0 aromatic heterocycles. The van der Waals surface area contributed by atoms with Crippen LogP contribution >= 0.6 is 0 Å².